The average Bonchev–Trinajstić information content (AvgIpc) is 3.14. The van der Waals surface area contributed by atoms with Crippen molar-refractivity contribution in [3.05, 3.63) is 82.5 Å². The first-order valence-electron chi connectivity index (χ1n) is 8.25. The number of benzene rings is 1. The number of H-pyrrole nitrogens is 1. The molecule has 1 atom stereocenters. The van der Waals surface area contributed by atoms with Crippen molar-refractivity contribution in [3.63, 3.8) is 0 Å². The van der Waals surface area contributed by atoms with Crippen LogP contribution in [0.5, 0.6) is 0 Å². The van der Waals surface area contributed by atoms with Crippen molar-refractivity contribution >= 4 is 5.91 Å². The quantitative estimate of drug-likeness (QED) is 0.724. The van der Waals surface area contributed by atoms with Crippen LogP contribution in [0.3, 0.4) is 0 Å². The zero-order chi connectivity index (χ0) is 17.6. The minimum Gasteiger partial charge on any atom is -0.469 e. The molecule has 2 heterocycles. The van der Waals surface area contributed by atoms with Gasteiger partial charge in [0, 0.05) is 18.2 Å². The molecule has 128 valence electrons. The van der Waals surface area contributed by atoms with Gasteiger partial charge in [-0.2, -0.15) is 0 Å². The molecule has 2 aromatic heterocycles. The molecule has 3 aromatic rings. The number of amides is 1. The van der Waals surface area contributed by atoms with Crippen molar-refractivity contribution in [2.24, 2.45) is 0 Å². The van der Waals surface area contributed by atoms with Gasteiger partial charge in [-0.15, -0.1) is 0 Å². The van der Waals surface area contributed by atoms with Crippen molar-refractivity contribution < 1.29 is 9.21 Å². The molecule has 0 aliphatic carbocycles. The second kappa shape index (κ2) is 7.66. The lowest BCUT2D eigenvalue weighted by molar-refractivity contribution is 0.0936. The van der Waals surface area contributed by atoms with E-state index in [9.17, 15) is 9.59 Å². The van der Waals surface area contributed by atoms with E-state index < -0.39 is 5.56 Å². The number of carbonyl (C=O) groups is 1. The third-order valence-electron chi connectivity index (χ3n) is 4.02. The molecule has 1 aromatic carbocycles. The summed E-state index contributed by atoms with van der Waals surface area (Å²) in [7, 11) is 0. The normalized spacial score (nSPS) is 11.9. The van der Waals surface area contributed by atoms with Crippen molar-refractivity contribution in [1.29, 1.82) is 0 Å². The maximum Gasteiger partial charge on any atom is 0.261 e. The Morgan fingerprint density at radius 1 is 1.12 bits per heavy atom. The van der Waals surface area contributed by atoms with Gasteiger partial charge in [0.1, 0.15) is 11.3 Å². The van der Waals surface area contributed by atoms with E-state index in [1.54, 1.807) is 18.4 Å². The van der Waals surface area contributed by atoms with Gasteiger partial charge in [-0.3, -0.25) is 9.59 Å². The zero-order valence-electron chi connectivity index (χ0n) is 14.0. The van der Waals surface area contributed by atoms with Gasteiger partial charge in [0.25, 0.3) is 11.5 Å². The smallest absolute Gasteiger partial charge is 0.261 e. The van der Waals surface area contributed by atoms with Gasteiger partial charge in [-0.1, -0.05) is 30.3 Å². The Hall–Kier alpha value is -3.08. The minimum atomic E-state index is -0.392. The van der Waals surface area contributed by atoms with Crippen molar-refractivity contribution in [2.45, 2.75) is 25.8 Å². The van der Waals surface area contributed by atoms with E-state index in [4.69, 9.17) is 4.42 Å². The number of aromatic amines is 1. The molecule has 0 unspecified atom stereocenters. The summed E-state index contributed by atoms with van der Waals surface area (Å²) < 4.78 is 5.28. The van der Waals surface area contributed by atoms with Crippen molar-refractivity contribution in [1.82, 2.24) is 10.3 Å². The van der Waals surface area contributed by atoms with E-state index in [1.165, 1.54) is 0 Å². The monoisotopic (exact) mass is 336 g/mol. The van der Waals surface area contributed by atoms with Crippen LogP contribution in [-0.2, 0) is 6.42 Å². The molecule has 0 saturated carbocycles. The van der Waals surface area contributed by atoms with E-state index in [0.29, 0.717) is 5.69 Å². The highest BCUT2D eigenvalue weighted by atomic mass is 16.3. The van der Waals surface area contributed by atoms with Gasteiger partial charge in [-0.25, -0.2) is 0 Å². The van der Waals surface area contributed by atoms with Gasteiger partial charge >= 0.3 is 0 Å². The van der Waals surface area contributed by atoms with Crippen LogP contribution in [0.4, 0.5) is 0 Å². The zero-order valence-corrected chi connectivity index (χ0v) is 14.0. The van der Waals surface area contributed by atoms with E-state index in [2.05, 4.69) is 10.3 Å². The Kier molecular flexibility index (Phi) is 5.14. The summed E-state index contributed by atoms with van der Waals surface area (Å²) in [6.07, 6.45) is 3.10. The molecule has 0 radical (unpaired) electrons. The molecule has 0 saturated heterocycles. The molecule has 25 heavy (non-hydrogen) atoms. The SMILES string of the molecule is C[C@H](CCc1ccco1)NC(=O)c1ccc(-c2ccccc2)[nH]c1=O. The summed E-state index contributed by atoms with van der Waals surface area (Å²) in [5.74, 6) is 0.513. The van der Waals surface area contributed by atoms with E-state index in [0.717, 1.165) is 24.2 Å². The lowest BCUT2D eigenvalue weighted by Gasteiger charge is -2.13. The number of nitrogens with one attached hydrogen (secondary N) is 2. The van der Waals surface area contributed by atoms with Crippen LogP contribution in [-0.4, -0.2) is 16.9 Å². The first kappa shape index (κ1) is 16.8. The third-order valence-corrected chi connectivity index (χ3v) is 4.02. The molecular weight excluding hydrogens is 316 g/mol. The predicted molar refractivity (Wildman–Crippen MR) is 96.5 cm³/mol. The molecule has 5 nitrogen and oxygen atoms in total. The number of rotatable bonds is 6. The van der Waals surface area contributed by atoms with Crippen LogP contribution in [0.15, 0.2) is 70.1 Å². The highest BCUT2D eigenvalue weighted by Crippen LogP contribution is 2.14. The standard InChI is InChI=1S/C20H20N2O3/c1-14(9-10-16-8-5-13-25-16)21-19(23)17-11-12-18(22-20(17)24)15-6-3-2-4-7-15/h2-8,11-14H,9-10H2,1H3,(H,21,23)(H,22,24)/t14-/m1/s1. The van der Waals surface area contributed by atoms with Gasteiger partial charge in [-0.05, 0) is 43.2 Å². The van der Waals surface area contributed by atoms with E-state index in [-0.39, 0.29) is 17.5 Å². The topological polar surface area (TPSA) is 75.1 Å². The maximum atomic E-state index is 12.3. The molecular formula is C20H20N2O3. The van der Waals surface area contributed by atoms with Crippen LogP contribution in [0.1, 0.15) is 29.5 Å². The Morgan fingerprint density at radius 3 is 2.60 bits per heavy atom. The van der Waals surface area contributed by atoms with Crippen LogP contribution in [0, 0.1) is 0 Å². The fourth-order valence-electron chi connectivity index (χ4n) is 2.63. The van der Waals surface area contributed by atoms with Gasteiger partial charge in [0.15, 0.2) is 0 Å². The maximum absolute atomic E-state index is 12.3. The molecule has 0 aliphatic heterocycles. The minimum absolute atomic E-state index is 0.0641. The molecule has 0 fully saturated rings. The summed E-state index contributed by atoms with van der Waals surface area (Å²) in [4.78, 5) is 27.3. The fourth-order valence-corrected chi connectivity index (χ4v) is 2.63. The number of hydrogen-bond acceptors (Lipinski definition) is 3. The number of hydrogen-bond donors (Lipinski definition) is 2. The number of aromatic nitrogens is 1. The molecule has 3 rings (SSSR count). The van der Waals surface area contributed by atoms with Crippen LogP contribution in [0.2, 0.25) is 0 Å². The second-order valence-electron chi connectivity index (χ2n) is 5.97. The lowest BCUT2D eigenvalue weighted by atomic mass is 10.1. The van der Waals surface area contributed by atoms with Gasteiger partial charge < -0.3 is 14.7 Å². The van der Waals surface area contributed by atoms with E-state index >= 15 is 0 Å². The Morgan fingerprint density at radius 2 is 1.92 bits per heavy atom. The largest absolute Gasteiger partial charge is 0.469 e. The lowest BCUT2D eigenvalue weighted by Crippen LogP contribution is -2.36. The van der Waals surface area contributed by atoms with Gasteiger partial charge in [0.05, 0.1) is 6.26 Å². The van der Waals surface area contributed by atoms with Crippen LogP contribution >= 0.6 is 0 Å². The molecule has 0 spiro atoms. The second-order valence-corrected chi connectivity index (χ2v) is 5.97. The number of pyridine rings is 1. The summed E-state index contributed by atoms with van der Waals surface area (Å²) in [6.45, 7) is 1.91. The Labute approximate surface area is 145 Å². The summed E-state index contributed by atoms with van der Waals surface area (Å²) in [5.41, 5.74) is 1.31. The molecule has 1 amide bonds. The summed E-state index contributed by atoms with van der Waals surface area (Å²) >= 11 is 0. The first-order chi connectivity index (χ1) is 12.1. The number of carbonyl (C=O) groups excluding carboxylic acids is 1. The first-order valence-corrected chi connectivity index (χ1v) is 8.25. The number of aryl methyl sites for hydroxylation is 1. The Bertz CT molecular complexity index is 883. The highest BCUT2D eigenvalue weighted by molar-refractivity contribution is 5.94. The van der Waals surface area contributed by atoms with E-state index in [1.807, 2.05) is 49.4 Å². The molecule has 0 bridgehead atoms. The average molecular weight is 336 g/mol. The predicted octanol–water partition coefficient (Wildman–Crippen LogP) is 3.39. The summed E-state index contributed by atoms with van der Waals surface area (Å²) in [5, 5.41) is 2.86. The molecule has 5 heteroatoms. The van der Waals surface area contributed by atoms with Crippen molar-refractivity contribution in [2.75, 3.05) is 0 Å². The molecule has 2 N–H and O–H groups in total. The van der Waals surface area contributed by atoms with Crippen molar-refractivity contribution in [3.8, 4) is 11.3 Å². The molecule has 0 aliphatic rings. The Balaban J connectivity index is 1.65. The summed E-state index contributed by atoms with van der Waals surface area (Å²) in [6, 6.07) is 16.5. The highest BCUT2D eigenvalue weighted by Gasteiger charge is 2.14. The number of furan rings is 1. The van der Waals surface area contributed by atoms with Crippen LogP contribution in [0.25, 0.3) is 11.3 Å². The van der Waals surface area contributed by atoms with Gasteiger partial charge in [0.2, 0.25) is 0 Å². The third kappa shape index (κ3) is 4.26. The van der Waals surface area contributed by atoms with Crippen LogP contribution < -0.4 is 10.9 Å². The fraction of sp³-hybridized carbons (Fsp3) is 0.200.